The van der Waals surface area contributed by atoms with E-state index in [9.17, 15) is 9.18 Å². The summed E-state index contributed by atoms with van der Waals surface area (Å²) in [5.74, 6) is -0.528. The van der Waals surface area contributed by atoms with Crippen molar-refractivity contribution in [3.05, 3.63) is 35.1 Å². The van der Waals surface area contributed by atoms with E-state index < -0.39 is 5.97 Å². The van der Waals surface area contributed by atoms with Crippen molar-refractivity contribution < 1.29 is 14.3 Å². The van der Waals surface area contributed by atoms with Crippen molar-refractivity contribution in [1.29, 1.82) is 0 Å². The van der Waals surface area contributed by atoms with Gasteiger partial charge in [0.1, 0.15) is 5.82 Å². The number of hydrogen-bond acceptors (Lipinski definition) is 2. The van der Waals surface area contributed by atoms with Crippen LogP contribution in [0, 0.1) is 11.7 Å². The topological polar surface area (TPSA) is 49.3 Å². The summed E-state index contributed by atoms with van der Waals surface area (Å²) >= 11 is 0. The van der Waals surface area contributed by atoms with Crippen LogP contribution >= 0.6 is 0 Å². The van der Waals surface area contributed by atoms with Crippen LogP contribution < -0.4 is 5.32 Å². The van der Waals surface area contributed by atoms with Gasteiger partial charge < -0.3 is 10.4 Å². The number of aromatic carboxylic acids is 1. The lowest BCUT2D eigenvalue weighted by Crippen LogP contribution is -2.32. The van der Waals surface area contributed by atoms with Crippen LogP contribution in [0.25, 0.3) is 0 Å². The number of carbonyl (C=O) groups is 1. The van der Waals surface area contributed by atoms with E-state index >= 15 is 0 Å². The van der Waals surface area contributed by atoms with E-state index in [0.29, 0.717) is 18.2 Å². The molecule has 3 nitrogen and oxygen atoms in total. The third-order valence-corrected chi connectivity index (χ3v) is 4.30. The number of benzene rings is 1. The predicted molar refractivity (Wildman–Crippen MR) is 76.2 cm³/mol. The smallest absolute Gasteiger partial charge is 0.335 e. The number of nitrogens with one attached hydrogen (secondary N) is 1. The summed E-state index contributed by atoms with van der Waals surface area (Å²) in [6.45, 7) is 2.62. The molecule has 1 aliphatic rings. The molecule has 20 heavy (non-hydrogen) atoms. The van der Waals surface area contributed by atoms with Gasteiger partial charge in [-0.15, -0.1) is 0 Å². The van der Waals surface area contributed by atoms with Crippen LogP contribution in [0.2, 0.25) is 0 Å². The van der Waals surface area contributed by atoms with Crippen molar-refractivity contribution in [3.63, 3.8) is 0 Å². The van der Waals surface area contributed by atoms with Gasteiger partial charge in [-0.2, -0.15) is 0 Å². The fourth-order valence-electron chi connectivity index (χ4n) is 2.87. The summed E-state index contributed by atoms with van der Waals surface area (Å²) in [5.41, 5.74) is 0.570. The van der Waals surface area contributed by atoms with Crippen LogP contribution in [0.3, 0.4) is 0 Å². The number of carboxylic acid groups (broad SMARTS) is 1. The van der Waals surface area contributed by atoms with Gasteiger partial charge in [0, 0.05) is 18.2 Å². The molecule has 0 radical (unpaired) electrons. The summed E-state index contributed by atoms with van der Waals surface area (Å²) in [4.78, 5) is 10.9. The Balaban J connectivity index is 1.91. The van der Waals surface area contributed by atoms with E-state index in [0.717, 1.165) is 18.8 Å². The third kappa shape index (κ3) is 3.79. The molecule has 2 rings (SSSR count). The monoisotopic (exact) mass is 279 g/mol. The van der Waals surface area contributed by atoms with Crippen molar-refractivity contribution in [2.45, 2.75) is 51.6 Å². The van der Waals surface area contributed by atoms with Crippen molar-refractivity contribution in [2.75, 3.05) is 0 Å². The van der Waals surface area contributed by atoms with Crippen molar-refractivity contribution in [1.82, 2.24) is 5.32 Å². The highest BCUT2D eigenvalue weighted by Crippen LogP contribution is 2.26. The zero-order valence-corrected chi connectivity index (χ0v) is 11.9. The Bertz CT molecular complexity index is 468. The van der Waals surface area contributed by atoms with Gasteiger partial charge in [0.25, 0.3) is 0 Å². The van der Waals surface area contributed by atoms with E-state index in [1.54, 1.807) is 0 Å². The van der Waals surface area contributed by atoms with E-state index in [-0.39, 0.29) is 11.4 Å². The lowest BCUT2D eigenvalue weighted by molar-refractivity contribution is 0.0696. The minimum Gasteiger partial charge on any atom is -0.478 e. The van der Waals surface area contributed by atoms with Crippen molar-refractivity contribution >= 4 is 5.97 Å². The average molecular weight is 279 g/mol. The second-order valence-corrected chi connectivity index (χ2v) is 5.62. The SMILES string of the molecule is CCC1CCC(NCc2cc(C(=O)O)ccc2F)CC1. The quantitative estimate of drug-likeness (QED) is 0.866. The molecule has 1 aliphatic carbocycles. The second-order valence-electron chi connectivity index (χ2n) is 5.62. The second kappa shape index (κ2) is 6.84. The standard InChI is InChI=1S/C16H22FNO2/c1-2-11-3-6-14(7-4-11)18-10-13-9-12(16(19)20)5-8-15(13)17/h5,8-9,11,14,18H,2-4,6-7,10H2,1H3,(H,19,20). The minimum absolute atomic E-state index is 0.137. The molecule has 1 aromatic rings. The predicted octanol–water partition coefficient (Wildman–Crippen LogP) is 3.58. The number of halogens is 1. The van der Waals surface area contributed by atoms with Gasteiger partial charge >= 0.3 is 5.97 Å². The first-order chi connectivity index (χ1) is 9.60. The minimum atomic E-state index is -1.02. The van der Waals surface area contributed by atoms with Crippen molar-refractivity contribution in [2.24, 2.45) is 5.92 Å². The van der Waals surface area contributed by atoms with Crippen LogP contribution in [0.1, 0.15) is 54.9 Å². The largest absolute Gasteiger partial charge is 0.478 e. The highest BCUT2D eigenvalue weighted by Gasteiger charge is 2.19. The van der Waals surface area contributed by atoms with Gasteiger partial charge in [0.2, 0.25) is 0 Å². The molecule has 0 unspecified atom stereocenters. The molecule has 0 aliphatic heterocycles. The Morgan fingerprint density at radius 2 is 2.05 bits per heavy atom. The van der Waals surface area contributed by atoms with Crippen LogP contribution in [-0.4, -0.2) is 17.1 Å². The summed E-state index contributed by atoms with van der Waals surface area (Å²) < 4.78 is 13.7. The molecule has 1 fully saturated rings. The molecular formula is C16H22FNO2. The van der Waals surface area contributed by atoms with Gasteiger partial charge in [0.05, 0.1) is 5.56 Å². The summed E-state index contributed by atoms with van der Waals surface area (Å²) in [6.07, 6.45) is 5.94. The molecule has 110 valence electrons. The molecule has 2 N–H and O–H groups in total. The number of rotatable bonds is 5. The van der Waals surface area contributed by atoms with Crippen LogP contribution in [0.5, 0.6) is 0 Å². The molecule has 4 heteroatoms. The van der Waals surface area contributed by atoms with Crippen molar-refractivity contribution in [3.8, 4) is 0 Å². The normalized spacial score (nSPS) is 22.7. The van der Waals surface area contributed by atoms with Gasteiger partial charge in [-0.05, 0) is 49.8 Å². The fraction of sp³-hybridized carbons (Fsp3) is 0.562. The lowest BCUT2D eigenvalue weighted by Gasteiger charge is -2.28. The Labute approximate surface area is 119 Å². The van der Waals surface area contributed by atoms with Gasteiger partial charge in [-0.25, -0.2) is 9.18 Å². The molecule has 0 heterocycles. The summed E-state index contributed by atoms with van der Waals surface area (Å²) in [5, 5.41) is 12.3. The van der Waals surface area contributed by atoms with Crippen LogP contribution in [-0.2, 0) is 6.54 Å². The van der Waals surface area contributed by atoms with Crippen LogP contribution in [0.4, 0.5) is 4.39 Å². The molecular weight excluding hydrogens is 257 g/mol. The molecule has 0 spiro atoms. The molecule has 0 amide bonds. The third-order valence-electron chi connectivity index (χ3n) is 4.30. The maximum atomic E-state index is 13.7. The summed E-state index contributed by atoms with van der Waals surface area (Å²) in [7, 11) is 0. The van der Waals surface area contributed by atoms with E-state index in [1.807, 2.05) is 0 Å². The lowest BCUT2D eigenvalue weighted by atomic mass is 9.84. The highest BCUT2D eigenvalue weighted by molar-refractivity contribution is 5.87. The first kappa shape index (κ1) is 15.0. The Hall–Kier alpha value is -1.42. The van der Waals surface area contributed by atoms with Crippen LogP contribution in [0.15, 0.2) is 18.2 Å². The Morgan fingerprint density at radius 3 is 2.65 bits per heavy atom. The molecule has 1 saturated carbocycles. The number of carboxylic acids is 1. The fourth-order valence-corrected chi connectivity index (χ4v) is 2.87. The molecule has 0 saturated heterocycles. The van der Waals surface area contributed by atoms with E-state index in [2.05, 4.69) is 12.2 Å². The number of hydrogen-bond donors (Lipinski definition) is 2. The molecule has 0 bridgehead atoms. The molecule has 0 atom stereocenters. The zero-order valence-electron chi connectivity index (χ0n) is 11.9. The van der Waals surface area contributed by atoms with Gasteiger partial charge in [-0.1, -0.05) is 13.3 Å². The Morgan fingerprint density at radius 1 is 1.35 bits per heavy atom. The average Bonchev–Trinajstić information content (AvgIpc) is 2.46. The maximum absolute atomic E-state index is 13.7. The maximum Gasteiger partial charge on any atom is 0.335 e. The summed E-state index contributed by atoms with van der Waals surface area (Å²) in [6, 6.07) is 4.37. The van der Waals surface area contributed by atoms with Gasteiger partial charge in [0.15, 0.2) is 0 Å². The van der Waals surface area contributed by atoms with Gasteiger partial charge in [-0.3, -0.25) is 0 Å². The molecule has 1 aromatic carbocycles. The first-order valence-electron chi connectivity index (χ1n) is 7.35. The van der Waals surface area contributed by atoms with E-state index in [4.69, 9.17) is 5.11 Å². The Kier molecular flexibility index (Phi) is 5.12. The van der Waals surface area contributed by atoms with E-state index in [1.165, 1.54) is 37.5 Å². The first-order valence-corrected chi connectivity index (χ1v) is 7.35. The molecule has 0 aromatic heterocycles. The highest BCUT2D eigenvalue weighted by atomic mass is 19.1. The zero-order chi connectivity index (χ0) is 14.5.